The zero-order chi connectivity index (χ0) is 17.6. The van der Waals surface area contributed by atoms with Crippen molar-refractivity contribution in [3.8, 4) is 0 Å². The third-order valence-electron chi connectivity index (χ3n) is 6.66. The van der Waals surface area contributed by atoms with E-state index < -0.39 is 0 Å². The van der Waals surface area contributed by atoms with Gasteiger partial charge >= 0.3 is 0 Å². The zero-order valence-corrected chi connectivity index (χ0v) is 15.1. The Morgan fingerprint density at radius 2 is 2.08 bits per heavy atom. The van der Waals surface area contributed by atoms with Crippen molar-refractivity contribution in [2.24, 2.45) is 11.3 Å². The predicted molar refractivity (Wildman–Crippen MR) is 101 cm³/mol. The minimum atomic E-state index is 0.173. The van der Waals surface area contributed by atoms with Crippen molar-refractivity contribution in [1.82, 2.24) is 15.1 Å². The molecule has 1 aliphatic heterocycles. The van der Waals surface area contributed by atoms with Gasteiger partial charge in [0.25, 0.3) is 0 Å². The number of hydrogen-bond donors (Lipinski definition) is 2. The highest BCUT2D eigenvalue weighted by Crippen LogP contribution is 2.58. The van der Waals surface area contributed by atoms with E-state index in [0.717, 1.165) is 57.4 Å². The molecule has 1 saturated carbocycles. The Bertz CT molecular complexity index is 821. The summed E-state index contributed by atoms with van der Waals surface area (Å²) in [6.07, 6.45) is 8.46. The molecule has 5 nitrogen and oxygen atoms in total. The van der Waals surface area contributed by atoms with Crippen molar-refractivity contribution in [1.29, 1.82) is 0 Å². The first-order valence-electron chi connectivity index (χ1n) is 9.90. The molecule has 2 unspecified atom stereocenters. The van der Waals surface area contributed by atoms with Crippen LogP contribution in [0.4, 0.5) is 5.82 Å². The van der Waals surface area contributed by atoms with Gasteiger partial charge in [0.1, 0.15) is 5.82 Å². The maximum absolute atomic E-state index is 12.9. The molecule has 2 N–H and O–H groups in total. The predicted octanol–water partition coefficient (Wildman–Crippen LogP) is 3.14. The van der Waals surface area contributed by atoms with Crippen LogP contribution in [-0.2, 0) is 11.2 Å². The lowest BCUT2D eigenvalue weighted by molar-refractivity contribution is -0.118. The van der Waals surface area contributed by atoms with Crippen LogP contribution in [0.3, 0.4) is 0 Å². The van der Waals surface area contributed by atoms with Gasteiger partial charge in [-0.15, -0.1) is 0 Å². The Kier molecular flexibility index (Phi) is 3.85. The number of aryl methyl sites for hydroxylation is 1. The summed E-state index contributed by atoms with van der Waals surface area (Å²) in [5.41, 5.74) is 3.02. The molecule has 1 amide bonds. The number of carbonyl (C=O) groups excluding carboxylic acids is 1. The maximum Gasteiger partial charge on any atom is 0.229 e. The molecule has 2 fully saturated rings. The van der Waals surface area contributed by atoms with Crippen LogP contribution >= 0.6 is 0 Å². The van der Waals surface area contributed by atoms with E-state index in [2.05, 4.69) is 40.0 Å². The number of anilines is 1. The second-order valence-corrected chi connectivity index (χ2v) is 8.13. The van der Waals surface area contributed by atoms with Gasteiger partial charge in [-0.1, -0.05) is 24.3 Å². The lowest BCUT2D eigenvalue weighted by Crippen LogP contribution is -2.32. The van der Waals surface area contributed by atoms with E-state index in [4.69, 9.17) is 0 Å². The number of aromatic nitrogens is 2. The van der Waals surface area contributed by atoms with Gasteiger partial charge in [0.15, 0.2) is 0 Å². The van der Waals surface area contributed by atoms with Gasteiger partial charge in [0, 0.05) is 12.0 Å². The number of fused-ring (bicyclic) bond motifs is 1. The Morgan fingerprint density at radius 1 is 1.23 bits per heavy atom. The van der Waals surface area contributed by atoms with Crippen LogP contribution in [0.2, 0.25) is 0 Å². The van der Waals surface area contributed by atoms with E-state index in [0.29, 0.717) is 0 Å². The Balaban J connectivity index is 1.35. The lowest BCUT2D eigenvalue weighted by Gasteiger charge is -2.27. The quantitative estimate of drug-likeness (QED) is 0.894. The van der Waals surface area contributed by atoms with Crippen LogP contribution in [0, 0.1) is 11.3 Å². The SMILES string of the molecule is O=C(Nc1ccnn1C1CCCc2ccccc21)C1CC12CCNCC2. The van der Waals surface area contributed by atoms with Gasteiger partial charge < -0.3 is 10.6 Å². The smallest absolute Gasteiger partial charge is 0.229 e. The molecule has 1 saturated heterocycles. The highest BCUT2D eigenvalue weighted by Gasteiger charge is 2.57. The van der Waals surface area contributed by atoms with Crippen molar-refractivity contribution in [3.05, 3.63) is 47.7 Å². The summed E-state index contributed by atoms with van der Waals surface area (Å²) in [6, 6.07) is 10.8. The summed E-state index contributed by atoms with van der Waals surface area (Å²) in [7, 11) is 0. The number of piperidine rings is 1. The van der Waals surface area contributed by atoms with Crippen molar-refractivity contribution in [2.45, 2.75) is 44.6 Å². The van der Waals surface area contributed by atoms with E-state index in [1.54, 1.807) is 6.20 Å². The van der Waals surface area contributed by atoms with Gasteiger partial charge in [-0.25, -0.2) is 4.68 Å². The monoisotopic (exact) mass is 350 g/mol. The van der Waals surface area contributed by atoms with E-state index >= 15 is 0 Å². The van der Waals surface area contributed by atoms with Crippen LogP contribution in [0.25, 0.3) is 0 Å². The maximum atomic E-state index is 12.9. The second kappa shape index (κ2) is 6.23. The first-order chi connectivity index (χ1) is 12.8. The molecule has 0 radical (unpaired) electrons. The number of hydrogen-bond acceptors (Lipinski definition) is 3. The van der Waals surface area contributed by atoms with Crippen LogP contribution in [0.1, 0.15) is 49.3 Å². The number of carbonyl (C=O) groups is 1. The van der Waals surface area contributed by atoms with Gasteiger partial charge in [-0.3, -0.25) is 4.79 Å². The topological polar surface area (TPSA) is 59.0 Å². The molecule has 1 spiro atoms. The Morgan fingerprint density at radius 3 is 2.96 bits per heavy atom. The highest BCUT2D eigenvalue weighted by atomic mass is 16.2. The summed E-state index contributed by atoms with van der Waals surface area (Å²) in [6.45, 7) is 2.08. The fourth-order valence-electron chi connectivity index (χ4n) is 5.05. The highest BCUT2D eigenvalue weighted by molar-refractivity contribution is 5.94. The molecule has 3 aliphatic rings. The van der Waals surface area contributed by atoms with Crippen LogP contribution in [0.5, 0.6) is 0 Å². The fourth-order valence-corrected chi connectivity index (χ4v) is 5.05. The lowest BCUT2D eigenvalue weighted by atomic mass is 9.88. The number of amides is 1. The summed E-state index contributed by atoms with van der Waals surface area (Å²) in [5, 5.41) is 11.2. The van der Waals surface area contributed by atoms with E-state index in [9.17, 15) is 4.79 Å². The van der Waals surface area contributed by atoms with Crippen molar-refractivity contribution < 1.29 is 4.79 Å². The largest absolute Gasteiger partial charge is 0.317 e. The van der Waals surface area contributed by atoms with E-state index in [-0.39, 0.29) is 23.3 Å². The molecular weight excluding hydrogens is 324 g/mol. The van der Waals surface area contributed by atoms with E-state index in [1.165, 1.54) is 11.1 Å². The van der Waals surface area contributed by atoms with Crippen molar-refractivity contribution in [3.63, 3.8) is 0 Å². The van der Waals surface area contributed by atoms with Crippen molar-refractivity contribution in [2.75, 3.05) is 18.4 Å². The third-order valence-corrected chi connectivity index (χ3v) is 6.66. The number of rotatable bonds is 3. The molecule has 5 heteroatoms. The summed E-state index contributed by atoms with van der Waals surface area (Å²) < 4.78 is 2.02. The molecule has 0 bridgehead atoms. The molecule has 2 heterocycles. The molecule has 2 aromatic rings. The molecular formula is C21H26N4O. The van der Waals surface area contributed by atoms with Gasteiger partial charge in [-0.05, 0) is 68.2 Å². The number of nitrogens with zero attached hydrogens (tertiary/aromatic N) is 2. The summed E-state index contributed by atoms with van der Waals surface area (Å²) in [4.78, 5) is 12.9. The minimum Gasteiger partial charge on any atom is -0.317 e. The van der Waals surface area contributed by atoms with Gasteiger partial charge in [-0.2, -0.15) is 5.10 Å². The third kappa shape index (κ3) is 2.65. The average molecular weight is 350 g/mol. The van der Waals surface area contributed by atoms with Gasteiger partial charge in [0.2, 0.25) is 5.91 Å². The zero-order valence-electron chi connectivity index (χ0n) is 15.1. The molecule has 136 valence electrons. The minimum absolute atomic E-state index is 0.173. The molecule has 5 rings (SSSR count). The molecule has 2 atom stereocenters. The number of benzene rings is 1. The van der Waals surface area contributed by atoms with Crippen LogP contribution in [-0.4, -0.2) is 28.8 Å². The first kappa shape index (κ1) is 16.1. The van der Waals surface area contributed by atoms with Crippen LogP contribution < -0.4 is 10.6 Å². The Hall–Kier alpha value is -2.14. The standard InChI is InChI=1S/C21H26N4O/c26-20(17-14-21(17)9-12-22-13-10-21)24-19-8-11-23-25(19)18-7-3-5-15-4-1-2-6-16(15)18/h1-2,4,6,8,11,17-18,22H,3,5,7,9-10,12-14H2,(H,24,26). The summed E-state index contributed by atoms with van der Waals surface area (Å²) in [5.74, 6) is 1.19. The molecule has 1 aromatic heterocycles. The van der Waals surface area contributed by atoms with Crippen molar-refractivity contribution >= 4 is 11.7 Å². The average Bonchev–Trinajstić information content (AvgIpc) is 3.17. The molecule has 1 aromatic carbocycles. The normalized spacial score (nSPS) is 26.3. The Labute approximate surface area is 154 Å². The first-order valence-corrected chi connectivity index (χ1v) is 9.90. The molecule has 26 heavy (non-hydrogen) atoms. The number of nitrogens with one attached hydrogen (secondary N) is 2. The van der Waals surface area contributed by atoms with Crippen LogP contribution in [0.15, 0.2) is 36.5 Å². The second-order valence-electron chi connectivity index (χ2n) is 8.13. The fraction of sp³-hybridized carbons (Fsp3) is 0.524. The van der Waals surface area contributed by atoms with Gasteiger partial charge in [0.05, 0.1) is 12.2 Å². The summed E-state index contributed by atoms with van der Waals surface area (Å²) >= 11 is 0. The molecule has 2 aliphatic carbocycles. The van der Waals surface area contributed by atoms with E-state index in [1.807, 2.05) is 10.7 Å².